The molecule has 0 aliphatic heterocycles. The van der Waals surface area contributed by atoms with Crippen molar-refractivity contribution in [2.75, 3.05) is 31.7 Å². The number of nitrogens with two attached hydrogens (primary N) is 1. The molecule has 1 unspecified atom stereocenters. The fourth-order valence-corrected chi connectivity index (χ4v) is 1.29. The number of aromatic nitrogens is 2. The Kier molecular flexibility index (Phi) is 3.64. The fraction of sp³-hybridized carbons (Fsp3) is 0.556. The molecule has 1 aromatic heterocycles. The SMILES string of the molecule is CC(CN(C)C)Nc1nccnc1N. The van der Waals surface area contributed by atoms with Gasteiger partial charge in [-0.15, -0.1) is 0 Å². The number of rotatable bonds is 4. The summed E-state index contributed by atoms with van der Waals surface area (Å²) < 4.78 is 0. The molecule has 0 aliphatic carbocycles. The van der Waals surface area contributed by atoms with Crippen LogP contribution in [0.3, 0.4) is 0 Å². The minimum Gasteiger partial charge on any atom is -0.381 e. The number of nitrogens with one attached hydrogen (secondary N) is 1. The zero-order valence-electron chi connectivity index (χ0n) is 8.86. The normalized spacial score (nSPS) is 12.9. The molecule has 14 heavy (non-hydrogen) atoms. The molecule has 1 atom stereocenters. The van der Waals surface area contributed by atoms with Crippen LogP contribution in [-0.4, -0.2) is 41.5 Å². The highest BCUT2D eigenvalue weighted by molar-refractivity contribution is 5.55. The van der Waals surface area contributed by atoms with Crippen LogP contribution in [0.4, 0.5) is 11.6 Å². The Hall–Kier alpha value is -1.36. The van der Waals surface area contributed by atoms with Crippen molar-refractivity contribution in [2.45, 2.75) is 13.0 Å². The molecule has 0 spiro atoms. The summed E-state index contributed by atoms with van der Waals surface area (Å²) in [5, 5.41) is 3.20. The molecule has 5 nitrogen and oxygen atoms in total. The minimum atomic E-state index is 0.295. The largest absolute Gasteiger partial charge is 0.381 e. The van der Waals surface area contributed by atoms with Gasteiger partial charge in [0.15, 0.2) is 11.6 Å². The predicted molar refractivity (Wildman–Crippen MR) is 58.1 cm³/mol. The monoisotopic (exact) mass is 195 g/mol. The predicted octanol–water partition coefficient (Wildman–Crippen LogP) is 0.421. The highest BCUT2D eigenvalue weighted by Crippen LogP contribution is 2.10. The van der Waals surface area contributed by atoms with Crippen LogP contribution < -0.4 is 11.1 Å². The van der Waals surface area contributed by atoms with Crippen LogP contribution in [0.5, 0.6) is 0 Å². The fourth-order valence-electron chi connectivity index (χ4n) is 1.29. The van der Waals surface area contributed by atoms with Crippen molar-refractivity contribution in [1.82, 2.24) is 14.9 Å². The molecular formula is C9H17N5. The molecule has 0 saturated carbocycles. The van der Waals surface area contributed by atoms with Gasteiger partial charge in [-0.3, -0.25) is 0 Å². The zero-order valence-corrected chi connectivity index (χ0v) is 8.86. The third-order valence-electron chi connectivity index (χ3n) is 1.75. The van der Waals surface area contributed by atoms with Crippen molar-refractivity contribution < 1.29 is 0 Å². The van der Waals surface area contributed by atoms with Gasteiger partial charge in [0, 0.05) is 25.0 Å². The van der Waals surface area contributed by atoms with Gasteiger partial charge in [0.05, 0.1) is 0 Å². The van der Waals surface area contributed by atoms with Gasteiger partial charge < -0.3 is 16.0 Å². The quantitative estimate of drug-likeness (QED) is 0.729. The average Bonchev–Trinajstić information content (AvgIpc) is 2.07. The third-order valence-corrected chi connectivity index (χ3v) is 1.75. The highest BCUT2D eigenvalue weighted by atomic mass is 15.1. The van der Waals surface area contributed by atoms with Gasteiger partial charge in [0.2, 0.25) is 0 Å². The minimum absolute atomic E-state index is 0.295. The van der Waals surface area contributed by atoms with Crippen LogP contribution in [0.25, 0.3) is 0 Å². The summed E-state index contributed by atoms with van der Waals surface area (Å²) in [4.78, 5) is 10.2. The van der Waals surface area contributed by atoms with E-state index < -0.39 is 0 Å². The van der Waals surface area contributed by atoms with E-state index in [4.69, 9.17) is 5.73 Å². The molecular weight excluding hydrogens is 178 g/mol. The molecule has 0 amide bonds. The van der Waals surface area contributed by atoms with Crippen molar-refractivity contribution in [1.29, 1.82) is 0 Å². The number of anilines is 2. The van der Waals surface area contributed by atoms with Crippen molar-refractivity contribution in [3.05, 3.63) is 12.4 Å². The first-order chi connectivity index (χ1) is 6.59. The molecule has 0 aliphatic rings. The van der Waals surface area contributed by atoms with E-state index in [1.54, 1.807) is 12.4 Å². The Balaban J connectivity index is 2.56. The first-order valence-electron chi connectivity index (χ1n) is 4.57. The van der Waals surface area contributed by atoms with E-state index in [1.165, 1.54) is 0 Å². The van der Waals surface area contributed by atoms with Crippen LogP contribution in [0.15, 0.2) is 12.4 Å². The number of hydrogen-bond acceptors (Lipinski definition) is 5. The highest BCUT2D eigenvalue weighted by Gasteiger charge is 2.06. The van der Waals surface area contributed by atoms with Gasteiger partial charge in [-0.25, -0.2) is 9.97 Å². The number of hydrogen-bond donors (Lipinski definition) is 2. The Morgan fingerprint density at radius 2 is 2.07 bits per heavy atom. The van der Waals surface area contributed by atoms with E-state index >= 15 is 0 Å². The maximum Gasteiger partial charge on any atom is 0.169 e. The number of nitrogen functional groups attached to an aromatic ring is 1. The molecule has 0 radical (unpaired) electrons. The van der Waals surface area contributed by atoms with Crippen LogP contribution in [0.2, 0.25) is 0 Å². The molecule has 1 heterocycles. The summed E-state index contributed by atoms with van der Waals surface area (Å²) in [5.74, 6) is 1.10. The van der Waals surface area contributed by atoms with Crippen molar-refractivity contribution >= 4 is 11.6 Å². The lowest BCUT2D eigenvalue weighted by atomic mass is 10.3. The van der Waals surface area contributed by atoms with Crippen molar-refractivity contribution in [2.24, 2.45) is 0 Å². The van der Waals surface area contributed by atoms with E-state index in [0.717, 1.165) is 6.54 Å². The summed E-state index contributed by atoms with van der Waals surface area (Å²) in [6.45, 7) is 3.00. The Morgan fingerprint density at radius 3 is 2.64 bits per heavy atom. The number of nitrogens with zero attached hydrogens (tertiary/aromatic N) is 3. The first kappa shape index (κ1) is 10.7. The molecule has 0 aromatic carbocycles. The van der Waals surface area contributed by atoms with Crippen LogP contribution in [0, 0.1) is 0 Å². The molecule has 78 valence electrons. The summed E-state index contributed by atoms with van der Waals surface area (Å²) in [5.41, 5.74) is 5.65. The van der Waals surface area contributed by atoms with Gasteiger partial charge >= 0.3 is 0 Å². The number of likely N-dealkylation sites (N-methyl/N-ethyl adjacent to an activating group) is 1. The van der Waals surface area contributed by atoms with E-state index in [-0.39, 0.29) is 0 Å². The standard InChI is InChI=1S/C9H17N5/c1-7(6-14(2)3)13-9-8(10)11-4-5-12-9/h4-5,7H,6H2,1-3H3,(H2,10,11)(H,12,13). The van der Waals surface area contributed by atoms with E-state index in [1.807, 2.05) is 14.1 Å². The Labute approximate surface area is 84.3 Å². The summed E-state index contributed by atoms with van der Waals surface area (Å²) in [7, 11) is 4.05. The second kappa shape index (κ2) is 4.76. The third kappa shape index (κ3) is 3.18. The molecule has 0 saturated heterocycles. The lowest BCUT2D eigenvalue weighted by Crippen LogP contribution is -2.30. The Morgan fingerprint density at radius 1 is 1.43 bits per heavy atom. The molecule has 1 rings (SSSR count). The van der Waals surface area contributed by atoms with Crippen molar-refractivity contribution in [3.63, 3.8) is 0 Å². The average molecular weight is 195 g/mol. The maximum absolute atomic E-state index is 5.65. The van der Waals surface area contributed by atoms with Gasteiger partial charge in [-0.1, -0.05) is 0 Å². The zero-order chi connectivity index (χ0) is 10.6. The van der Waals surface area contributed by atoms with Gasteiger partial charge in [0.25, 0.3) is 0 Å². The molecule has 1 aromatic rings. The van der Waals surface area contributed by atoms with Crippen LogP contribution in [0.1, 0.15) is 6.92 Å². The van der Waals surface area contributed by atoms with Crippen LogP contribution >= 0.6 is 0 Å². The maximum atomic E-state index is 5.65. The van der Waals surface area contributed by atoms with Gasteiger partial charge in [-0.2, -0.15) is 0 Å². The van der Waals surface area contributed by atoms with Gasteiger partial charge in [-0.05, 0) is 21.0 Å². The lowest BCUT2D eigenvalue weighted by Gasteiger charge is -2.19. The molecule has 3 N–H and O–H groups in total. The van der Waals surface area contributed by atoms with E-state index in [0.29, 0.717) is 17.7 Å². The summed E-state index contributed by atoms with van der Waals surface area (Å²) in [6.07, 6.45) is 3.21. The summed E-state index contributed by atoms with van der Waals surface area (Å²) in [6, 6.07) is 0.295. The lowest BCUT2D eigenvalue weighted by molar-refractivity contribution is 0.392. The van der Waals surface area contributed by atoms with E-state index in [2.05, 4.69) is 27.1 Å². The topological polar surface area (TPSA) is 67.1 Å². The van der Waals surface area contributed by atoms with Crippen molar-refractivity contribution in [3.8, 4) is 0 Å². The second-order valence-corrected chi connectivity index (χ2v) is 3.60. The smallest absolute Gasteiger partial charge is 0.169 e. The van der Waals surface area contributed by atoms with Crippen LogP contribution in [-0.2, 0) is 0 Å². The molecule has 5 heteroatoms. The second-order valence-electron chi connectivity index (χ2n) is 3.60. The molecule has 0 bridgehead atoms. The first-order valence-corrected chi connectivity index (χ1v) is 4.57. The summed E-state index contributed by atoms with van der Waals surface area (Å²) >= 11 is 0. The Bertz CT molecular complexity index is 286. The molecule has 0 fully saturated rings. The van der Waals surface area contributed by atoms with Gasteiger partial charge in [0.1, 0.15) is 0 Å². The van der Waals surface area contributed by atoms with E-state index in [9.17, 15) is 0 Å².